The van der Waals surface area contributed by atoms with E-state index in [0.29, 0.717) is 17.3 Å². The molecular formula is C10H16O. The van der Waals surface area contributed by atoms with Crippen LogP contribution < -0.4 is 0 Å². The summed E-state index contributed by atoms with van der Waals surface area (Å²) >= 11 is 0. The number of rotatable bonds is 1. The molecule has 3 atom stereocenters. The fourth-order valence-corrected chi connectivity index (χ4v) is 3.03. The highest BCUT2D eigenvalue weighted by Gasteiger charge is 2.53. The smallest absolute Gasteiger partial charge is 0.123 e. The minimum absolute atomic E-state index is 0.384. The molecule has 3 aliphatic carbocycles. The summed E-state index contributed by atoms with van der Waals surface area (Å²) in [5.41, 5.74) is 0.476. The fraction of sp³-hybridized carbons (Fsp3) is 0.900. The zero-order valence-corrected chi connectivity index (χ0v) is 7.34. The van der Waals surface area contributed by atoms with Crippen LogP contribution in [0.1, 0.15) is 33.1 Å². The Hall–Kier alpha value is -0.330. The van der Waals surface area contributed by atoms with Crippen LogP contribution in [-0.2, 0) is 4.79 Å². The van der Waals surface area contributed by atoms with Crippen molar-refractivity contribution in [2.45, 2.75) is 33.1 Å². The third-order valence-corrected chi connectivity index (χ3v) is 4.09. The number of carbonyl (C=O) groups is 1. The van der Waals surface area contributed by atoms with E-state index in [-0.39, 0.29) is 0 Å². The van der Waals surface area contributed by atoms with E-state index in [1.165, 1.54) is 19.1 Å². The lowest BCUT2D eigenvalue weighted by atomic mass is 9.46. The predicted molar refractivity (Wildman–Crippen MR) is 44.2 cm³/mol. The third-order valence-electron chi connectivity index (χ3n) is 4.09. The largest absolute Gasteiger partial charge is 0.303 e. The normalized spacial score (nSPS) is 46.2. The molecule has 3 fully saturated rings. The van der Waals surface area contributed by atoms with Crippen LogP contribution in [0, 0.1) is 23.2 Å². The molecule has 0 aromatic heterocycles. The molecule has 0 aromatic rings. The highest BCUT2D eigenvalue weighted by atomic mass is 16.1. The number of hydrogen-bond donors (Lipinski definition) is 0. The molecule has 3 rings (SSSR count). The molecule has 2 bridgehead atoms. The zero-order valence-electron chi connectivity index (χ0n) is 7.34. The van der Waals surface area contributed by atoms with E-state index in [2.05, 4.69) is 13.8 Å². The van der Waals surface area contributed by atoms with Gasteiger partial charge in [0, 0.05) is 5.92 Å². The van der Waals surface area contributed by atoms with Crippen LogP contribution in [0.2, 0.25) is 0 Å². The standard InChI is InChI=1S/C10H16O/c1-10(2)8-4-3-7(6-11)9(10)5-8/h6-9H,3-5H2,1-2H3/t7-,8-,9-/m1/s1. The van der Waals surface area contributed by atoms with Crippen molar-refractivity contribution in [3.8, 4) is 0 Å². The summed E-state index contributed by atoms with van der Waals surface area (Å²) in [5.74, 6) is 2.01. The highest BCUT2D eigenvalue weighted by molar-refractivity contribution is 5.55. The Bertz CT molecular complexity index is 181. The van der Waals surface area contributed by atoms with Gasteiger partial charge in [0.15, 0.2) is 0 Å². The maximum absolute atomic E-state index is 10.7. The first-order valence-corrected chi connectivity index (χ1v) is 4.61. The van der Waals surface area contributed by atoms with Crippen molar-refractivity contribution in [1.29, 1.82) is 0 Å². The molecule has 0 radical (unpaired) electrons. The molecule has 1 nitrogen and oxygen atoms in total. The van der Waals surface area contributed by atoms with Gasteiger partial charge in [-0.3, -0.25) is 0 Å². The van der Waals surface area contributed by atoms with Crippen LogP contribution in [0.15, 0.2) is 0 Å². The molecule has 0 saturated heterocycles. The first kappa shape index (κ1) is 7.33. The van der Waals surface area contributed by atoms with Gasteiger partial charge < -0.3 is 4.79 Å². The summed E-state index contributed by atoms with van der Waals surface area (Å²) in [4.78, 5) is 10.7. The number of carbonyl (C=O) groups excluding carboxylic acids is 1. The summed E-state index contributed by atoms with van der Waals surface area (Å²) < 4.78 is 0. The average molecular weight is 152 g/mol. The van der Waals surface area contributed by atoms with E-state index < -0.39 is 0 Å². The molecule has 0 aliphatic heterocycles. The van der Waals surface area contributed by atoms with E-state index >= 15 is 0 Å². The Kier molecular flexibility index (Phi) is 1.39. The first-order chi connectivity index (χ1) is 5.16. The summed E-state index contributed by atoms with van der Waals surface area (Å²) in [7, 11) is 0. The monoisotopic (exact) mass is 152 g/mol. The van der Waals surface area contributed by atoms with Crippen LogP contribution in [0.4, 0.5) is 0 Å². The molecule has 0 spiro atoms. The third kappa shape index (κ3) is 0.800. The Morgan fingerprint density at radius 2 is 2.09 bits per heavy atom. The van der Waals surface area contributed by atoms with Crippen LogP contribution in [0.5, 0.6) is 0 Å². The van der Waals surface area contributed by atoms with Crippen molar-refractivity contribution < 1.29 is 4.79 Å². The van der Waals surface area contributed by atoms with Crippen molar-refractivity contribution in [1.82, 2.24) is 0 Å². The summed E-state index contributed by atoms with van der Waals surface area (Å²) in [6, 6.07) is 0. The van der Waals surface area contributed by atoms with Crippen molar-refractivity contribution >= 4 is 6.29 Å². The van der Waals surface area contributed by atoms with E-state index in [1.807, 2.05) is 0 Å². The number of fused-ring (bicyclic) bond motifs is 2. The minimum atomic E-state index is 0.384. The van der Waals surface area contributed by atoms with Gasteiger partial charge in [-0.25, -0.2) is 0 Å². The van der Waals surface area contributed by atoms with E-state index in [9.17, 15) is 4.79 Å². The van der Waals surface area contributed by atoms with Crippen molar-refractivity contribution in [3.05, 3.63) is 0 Å². The Morgan fingerprint density at radius 3 is 2.45 bits per heavy atom. The summed E-state index contributed by atoms with van der Waals surface area (Å²) in [6.07, 6.45) is 4.94. The Labute approximate surface area is 68.2 Å². The van der Waals surface area contributed by atoms with Crippen LogP contribution in [0.3, 0.4) is 0 Å². The average Bonchev–Trinajstić information content (AvgIpc) is 2.04. The van der Waals surface area contributed by atoms with Crippen LogP contribution in [-0.4, -0.2) is 6.29 Å². The molecule has 0 amide bonds. The fourth-order valence-electron chi connectivity index (χ4n) is 3.03. The predicted octanol–water partition coefficient (Wildman–Crippen LogP) is 2.26. The second-order valence-corrected chi connectivity index (χ2v) is 4.74. The lowest BCUT2D eigenvalue weighted by molar-refractivity contribution is -0.134. The van der Waals surface area contributed by atoms with Gasteiger partial charge in [0.05, 0.1) is 0 Å². The molecule has 1 heteroatoms. The van der Waals surface area contributed by atoms with Crippen molar-refractivity contribution in [2.24, 2.45) is 23.2 Å². The van der Waals surface area contributed by atoms with Gasteiger partial charge >= 0.3 is 0 Å². The van der Waals surface area contributed by atoms with Gasteiger partial charge in [0.2, 0.25) is 0 Å². The lowest BCUT2D eigenvalue weighted by Crippen LogP contribution is -2.52. The molecule has 11 heavy (non-hydrogen) atoms. The van der Waals surface area contributed by atoms with Gasteiger partial charge in [-0.1, -0.05) is 13.8 Å². The topological polar surface area (TPSA) is 17.1 Å². The van der Waals surface area contributed by atoms with Crippen molar-refractivity contribution in [2.75, 3.05) is 0 Å². The minimum Gasteiger partial charge on any atom is -0.303 e. The van der Waals surface area contributed by atoms with Gasteiger partial charge in [-0.2, -0.15) is 0 Å². The molecule has 0 N–H and O–H groups in total. The van der Waals surface area contributed by atoms with E-state index in [0.717, 1.165) is 12.3 Å². The SMILES string of the molecule is CC1(C)[C@@H]2CC[C@H](C=O)[C@H]1C2. The molecule has 0 unspecified atom stereocenters. The number of hydrogen-bond acceptors (Lipinski definition) is 1. The van der Waals surface area contributed by atoms with E-state index in [1.54, 1.807) is 0 Å². The van der Waals surface area contributed by atoms with Gasteiger partial charge in [-0.05, 0) is 36.5 Å². The van der Waals surface area contributed by atoms with Crippen LogP contribution in [0.25, 0.3) is 0 Å². The van der Waals surface area contributed by atoms with Crippen LogP contribution >= 0.6 is 0 Å². The van der Waals surface area contributed by atoms with Gasteiger partial charge in [0.1, 0.15) is 6.29 Å². The van der Waals surface area contributed by atoms with E-state index in [4.69, 9.17) is 0 Å². The Morgan fingerprint density at radius 1 is 1.36 bits per heavy atom. The summed E-state index contributed by atoms with van der Waals surface area (Å²) in [6.45, 7) is 4.64. The Balaban J connectivity index is 2.16. The summed E-state index contributed by atoms with van der Waals surface area (Å²) in [5, 5.41) is 0. The maximum atomic E-state index is 10.7. The first-order valence-electron chi connectivity index (χ1n) is 4.61. The molecule has 3 saturated carbocycles. The molecular weight excluding hydrogens is 136 g/mol. The maximum Gasteiger partial charge on any atom is 0.123 e. The highest BCUT2D eigenvalue weighted by Crippen LogP contribution is 2.60. The molecule has 0 aromatic carbocycles. The number of aldehydes is 1. The molecule has 62 valence electrons. The second kappa shape index (κ2) is 2.09. The second-order valence-electron chi connectivity index (χ2n) is 4.74. The van der Waals surface area contributed by atoms with Crippen molar-refractivity contribution in [3.63, 3.8) is 0 Å². The zero-order chi connectivity index (χ0) is 8.06. The quantitative estimate of drug-likeness (QED) is 0.527. The lowest BCUT2D eigenvalue weighted by Gasteiger charge is -2.59. The molecule has 0 heterocycles. The molecule has 3 aliphatic rings. The van der Waals surface area contributed by atoms with Gasteiger partial charge in [-0.15, -0.1) is 0 Å². The van der Waals surface area contributed by atoms with Gasteiger partial charge in [0.25, 0.3) is 0 Å².